The van der Waals surface area contributed by atoms with E-state index in [-0.39, 0.29) is 31.4 Å². The van der Waals surface area contributed by atoms with Crippen LogP contribution in [0.4, 0.5) is 0 Å². The number of carbonyl (C=O) groups excluding carboxylic acids is 3. The zero-order valence-electron chi connectivity index (χ0n) is 18.8. The lowest BCUT2D eigenvalue weighted by Gasteiger charge is -2.29. The molecule has 168 valence electrons. The number of carbonyl (C=O) groups is 3. The molecule has 0 aliphatic rings. The van der Waals surface area contributed by atoms with E-state index in [1.54, 1.807) is 63.6 Å². The van der Waals surface area contributed by atoms with Gasteiger partial charge in [-0.15, -0.1) is 0 Å². The molecule has 0 bridgehead atoms. The quantitative estimate of drug-likeness (QED) is 0.430. The van der Waals surface area contributed by atoms with Gasteiger partial charge in [0.15, 0.2) is 5.78 Å². The van der Waals surface area contributed by atoms with E-state index >= 15 is 0 Å². The first-order chi connectivity index (χ1) is 14.7. The molecular formula is C23H29ClN2O5. The molecule has 2 aromatic rings. The van der Waals surface area contributed by atoms with E-state index in [2.05, 4.69) is 0 Å². The van der Waals surface area contributed by atoms with Gasteiger partial charge >= 0.3 is 5.97 Å². The predicted molar refractivity (Wildman–Crippen MR) is 119 cm³/mol. The highest BCUT2D eigenvalue weighted by Gasteiger charge is 2.33. The van der Waals surface area contributed by atoms with Crippen LogP contribution in [0.5, 0.6) is 0 Å². The van der Waals surface area contributed by atoms with E-state index in [1.165, 1.54) is 12.0 Å². The molecule has 31 heavy (non-hydrogen) atoms. The molecule has 0 spiro atoms. The fraction of sp³-hybridized carbons (Fsp3) is 0.435. The number of rotatable bonds is 9. The Bertz CT molecular complexity index is 983. The first-order valence-corrected chi connectivity index (χ1v) is 10.5. The number of benzene rings is 1. The number of halogens is 1. The third kappa shape index (κ3) is 4.99. The molecule has 1 amide bonds. The zero-order chi connectivity index (χ0) is 23.3. The topological polar surface area (TPSA) is 77.8 Å². The van der Waals surface area contributed by atoms with Crippen molar-refractivity contribution in [1.82, 2.24) is 9.47 Å². The Balaban J connectivity index is 2.46. The molecule has 2 rings (SSSR count). The van der Waals surface area contributed by atoms with Crippen molar-refractivity contribution in [2.75, 3.05) is 26.9 Å². The average Bonchev–Trinajstić information content (AvgIpc) is 2.96. The second kappa shape index (κ2) is 10.6. The molecular weight excluding hydrogens is 420 g/mol. The maximum absolute atomic E-state index is 13.5. The molecule has 8 heteroatoms. The van der Waals surface area contributed by atoms with Crippen LogP contribution in [0.1, 0.15) is 56.3 Å². The highest BCUT2D eigenvalue weighted by atomic mass is 35.5. The summed E-state index contributed by atoms with van der Waals surface area (Å²) in [5.41, 5.74) is 2.22. The molecule has 0 saturated carbocycles. The van der Waals surface area contributed by atoms with Crippen LogP contribution in [0.15, 0.2) is 24.3 Å². The van der Waals surface area contributed by atoms with Crippen molar-refractivity contribution in [3.8, 4) is 0 Å². The minimum absolute atomic E-state index is 0.211. The van der Waals surface area contributed by atoms with E-state index in [0.29, 0.717) is 33.1 Å². The minimum Gasteiger partial charge on any atom is -0.461 e. The van der Waals surface area contributed by atoms with Gasteiger partial charge < -0.3 is 18.9 Å². The summed E-state index contributed by atoms with van der Waals surface area (Å²) in [4.78, 5) is 40.6. The van der Waals surface area contributed by atoms with Crippen molar-refractivity contribution < 1.29 is 23.9 Å². The van der Waals surface area contributed by atoms with Gasteiger partial charge in [-0.05, 0) is 45.4 Å². The third-order valence-corrected chi connectivity index (χ3v) is 5.72. The Hall–Kier alpha value is -2.64. The van der Waals surface area contributed by atoms with Crippen LogP contribution >= 0.6 is 11.6 Å². The van der Waals surface area contributed by atoms with Crippen molar-refractivity contribution in [2.45, 2.75) is 33.7 Å². The Morgan fingerprint density at radius 3 is 2.42 bits per heavy atom. The first kappa shape index (κ1) is 24.6. The molecule has 0 fully saturated rings. The molecule has 1 atom stereocenters. The van der Waals surface area contributed by atoms with Crippen LogP contribution < -0.4 is 0 Å². The van der Waals surface area contributed by atoms with E-state index < -0.39 is 12.0 Å². The second-order valence-corrected chi connectivity index (χ2v) is 7.63. The summed E-state index contributed by atoms with van der Waals surface area (Å²) in [5, 5.41) is 0.311. The van der Waals surface area contributed by atoms with Gasteiger partial charge in [0, 0.05) is 32.0 Å². The molecule has 0 unspecified atom stereocenters. The molecule has 0 aliphatic carbocycles. The van der Waals surface area contributed by atoms with Gasteiger partial charge in [0.2, 0.25) is 0 Å². The number of nitrogens with zero attached hydrogens (tertiary/aromatic N) is 2. The van der Waals surface area contributed by atoms with Crippen LogP contribution in [0.2, 0.25) is 5.02 Å². The van der Waals surface area contributed by atoms with Gasteiger partial charge in [-0.2, -0.15) is 0 Å². The monoisotopic (exact) mass is 448 g/mol. The van der Waals surface area contributed by atoms with Crippen molar-refractivity contribution in [2.24, 2.45) is 7.05 Å². The normalized spacial score (nSPS) is 11.8. The molecule has 0 radical (unpaired) electrons. The Morgan fingerprint density at radius 1 is 1.19 bits per heavy atom. The summed E-state index contributed by atoms with van der Waals surface area (Å²) in [6.45, 7) is 7.59. The lowest BCUT2D eigenvalue weighted by Crippen LogP contribution is -2.45. The second-order valence-electron chi connectivity index (χ2n) is 7.22. The predicted octanol–water partition coefficient (Wildman–Crippen LogP) is 3.83. The van der Waals surface area contributed by atoms with E-state index in [0.717, 1.165) is 0 Å². The Kier molecular flexibility index (Phi) is 8.42. The first-order valence-electron chi connectivity index (χ1n) is 10.1. The zero-order valence-corrected chi connectivity index (χ0v) is 19.6. The number of hydrogen-bond acceptors (Lipinski definition) is 5. The summed E-state index contributed by atoms with van der Waals surface area (Å²) in [6, 6.07) is 5.92. The number of ether oxygens (including phenoxy) is 2. The van der Waals surface area contributed by atoms with Gasteiger partial charge in [0.25, 0.3) is 5.91 Å². The standard InChI is InChI=1S/C23H29ClN2O5/c1-7-31-23(29)20-14(2)19(15(3)25(20)5)21(27)16(4)26(12-13-30-6)22(28)17-10-8-9-11-18(17)24/h8-11,16H,7,12-13H2,1-6H3/t16-/m1/s1. The molecule has 1 aromatic heterocycles. The molecule has 0 N–H and O–H groups in total. The fourth-order valence-corrected chi connectivity index (χ4v) is 3.85. The highest BCUT2D eigenvalue weighted by molar-refractivity contribution is 6.33. The molecule has 1 aromatic carbocycles. The van der Waals surface area contributed by atoms with Crippen LogP contribution in [-0.2, 0) is 16.5 Å². The largest absolute Gasteiger partial charge is 0.461 e. The summed E-state index contributed by atoms with van der Waals surface area (Å²) >= 11 is 6.22. The van der Waals surface area contributed by atoms with Crippen molar-refractivity contribution in [3.05, 3.63) is 57.4 Å². The summed E-state index contributed by atoms with van der Waals surface area (Å²) in [7, 11) is 3.25. The van der Waals surface area contributed by atoms with E-state index in [4.69, 9.17) is 21.1 Å². The number of esters is 1. The van der Waals surface area contributed by atoms with Crippen LogP contribution in [0.25, 0.3) is 0 Å². The maximum Gasteiger partial charge on any atom is 0.355 e. The summed E-state index contributed by atoms with van der Waals surface area (Å²) < 4.78 is 11.9. The smallest absolute Gasteiger partial charge is 0.355 e. The minimum atomic E-state index is -0.797. The lowest BCUT2D eigenvalue weighted by molar-refractivity contribution is 0.0513. The lowest BCUT2D eigenvalue weighted by atomic mass is 9.99. The fourth-order valence-electron chi connectivity index (χ4n) is 3.63. The number of amides is 1. The van der Waals surface area contributed by atoms with Crippen LogP contribution in [-0.4, -0.2) is 60.0 Å². The van der Waals surface area contributed by atoms with E-state index in [1.807, 2.05) is 0 Å². The maximum atomic E-state index is 13.5. The van der Waals surface area contributed by atoms with E-state index in [9.17, 15) is 14.4 Å². The van der Waals surface area contributed by atoms with Gasteiger partial charge in [-0.25, -0.2) is 4.79 Å². The number of methoxy groups -OCH3 is 1. The van der Waals surface area contributed by atoms with Crippen molar-refractivity contribution in [3.63, 3.8) is 0 Å². The molecule has 0 saturated heterocycles. The third-order valence-electron chi connectivity index (χ3n) is 5.39. The van der Waals surface area contributed by atoms with Crippen molar-refractivity contribution in [1.29, 1.82) is 0 Å². The Labute approximate surface area is 187 Å². The Morgan fingerprint density at radius 2 is 1.84 bits per heavy atom. The molecule has 7 nitrogen and oxygen atoms in total. The van der Waals surface area contributed by atoms with Gasteiger partial charge in [-0.1, -0.05) is 23.7 Å². The molecule has 1 heterocycles. The number of Topliss-reactive ketones (excluding diaryl/α,β-unsaturated/α-hetero) is 1. The van der Waals surface area contributed by atoms with Gasteiger partial charge in [0.1, 0.15) is 5.69 Å². The van der Waals surface area contributed by atoms with Crippen LogP contribution in [0, 0.1) is 13.8 Å². The summed E-state index contributed by atoms with van der Waals surface area (Å²) in [5.74, 6) is -1.11. The number of hydrogen-bond donors (Lipinski definition) is 0. The van der Waals surface area contributed by atoms with Gasteiger partial charge in [0.05, 0.1) is 29.8 Å². The molecule has 0 aliphatic heterocycles. The van der Waals surface area contributed by atoms with Crippen molar-refractivity contribution >= 4 is 29.3 Å². The SMILES string of the molecule is CCOC(=O)c1c(C)c(C(=O)[C@@H](C)N(CCOC)C(=O)c2ccccc2Cl)c(C)n1C. The summed E-state index contributed by atoms with van der Waals surface area (Å²) in [6.07, 6.45) is 0. The number of aromatic nitrogens is 1. The number of ketones is 1. The highest BCUT2D eigenvalue weighted by Crippen LogP contribution is 2.26. The van der Waals surface area contributed by atoms with Crippen LogP contribution in [0.3, 0.4) is 0 Å². The van der Waals surface area contributed by atoms with Gasteiger partial charge in [-0.3, -0.25) is 9.59 Å². The average molecular weight is 449 g/mol.